The van der Waals surface area contributed by atoms with Crippen molar-refractivity contribution < 1.29 is 81.6 Å². The lowest BCUT2D eigenvalue weighted by Gasteiger charge is -2.43. The number of unbranched alkanes of at least 4 members (excludes halogenated alkanes) is 23. The molecule has 1 saturated carbocycles. The van der Waals surface area contributed by atoms with Gasteiger partial charge in [-0.1, -0.05) is 167 Å². The van der Waals surface area contributed by atoms with Crippen molar-refractivity contribution in [1.29, 1.82) is 0 Å². The topological polar surface area (TPSA) is 269 Å². The Kier molecular flexibility index (Phi) is 32.9. The third kappa shape index (κ3) is 29.0. The van der Waals surface area contributed by atoms with E-state index in [9.17, 15) is 53.8 Å². The standard InChI is InChI=1S/C47H88O17P2/c1-3-5-7-9-11-12-13-14-15-16-17-18-19-20-21-25-29-33-40(48)59-35-37(36-60-66(57,58)64-47-44(52)42(50)43(51)46(45(47)53)63-65(54,55)56)61-41(49)34-30-26-22-24-28-32-39-38(62-39)31-27-23-10-8-6-4-2/h23,27,37-39,42-47,50-53H,3-22,24-26,28-36H2,1-2H3,(H,57,58)(H2,54,55,56)/b27-23-/t37-,38?,39?,42?,43?,44?,45?,46-,47+/m1/s1. The molecule has 0 aromatic heterocycles. The number of carbonyl (C=O) groups excluding carboxylic acids is 2. The smallest absolute Gasteiger partial charge is 0.462 e. The molecule has 0 bridgehead atoms. The molecule has 0 aromatic rings. The van der Waals surface area contributed by atoms with Gasteiger partial charge < -0.3 is 49.3 Å². The number of aliphatic hydroxyl groups excluding tert-OH is 4. The summed E-state index contributed by atoms with van der Waals surface area (Å²) in [4.78, 5) is 54.4. The van der Waals surface area contributed by atoms with E-state index in [2.05, 4.69) is 30.5 Å². The molecular formula is C47H88O17P2. The molecule has 0 amide bonds. The quantitative estimate of drug-likeness (QED) is 0.00989. The molecule has 2 fully saturated rings. The van der Waals surface area contributed by atoms with Gasteiger partial charge in [-0.25, -0.2) is 9.13 Å². The normalized spacial score (nSPS) is 24.6. The Morgan fingerprint density at radius 3 is 1.55 bits per heavy atom. The van der Waals surface area contributed by atoms with Gasteiger partial charge in [-0.3, -0.25) is 23.2 Å². The van der Waals surface area contributed by atoms with Gasteiger partial charge in [-0.15, -0.1) is 0 Å². The summed E-state index contributed by atoms with van der Waals surface area (Å²) in [7, 11) is -10.7. The molecule has 1 aliphatic heterocycles. The summed E-state index contributed by atoms with van der Waals surface area (Å²) in [5.74, 6) is -1.22. The fraction of sp³-hybridized carbons (Fsp3) is 0.915. The number of allylic oxidation sites excluding steroid dienone is 1. The van der Waals surface area contributed by atoms with Crippen molar-refractivity contribution in [2.24, 2.45) is 0 Å². The Morgan fingerprint density at radius 2 is 1.02 bits per heavy atom. The first kappa shape index (κ1) is 60.8. The molecule has 66 heavy (non-hydrogen) atoms. The molecule has 19 heteroatoms. The summed E-state index contributed by atoms with van der Waals surface area (Å²) in [6.45, 7) is 3.09. The molecule has 1 heterocycles. The maximum Gasteiger partial charge on any atom is 0.472 e. The van der Waals surface area contributed by atoms with E-state index >= 15 is 0 Å². The Morgan fingerprint density at radius 1 is 0.545 bits per heavy atom. The van der Waals surface area contributed by atoms with Gasteiger partial charge in [-0.2, -0.15) is 0 Å². The van der Waals surface area contributed by atoms with E-state index in [1.165, 1.54) is 96.3 Å². The monoisotopic (exact) mass is 987 g/mol. The highest BCUT2D eigenvalue weighted by Gasteiger charge is 2.54. The number of epoxide rings is 1. The molecule has 2 rings (SSSR count). The lowest BCUT2D eigenvalue weighted by Crippen LogP contribution is -2.64. The molecule has 7 unspecified atom stereocenters. The molecule has 7 N–H and O–H groups in total. The first-order valence-corrected chi connectivity index (χ1v) is 28.4. The van der Waals surface area contributed by atoms with Crippen LogP contribution in [0.15, 0.2) is 12.2 Å². The molecule has 388 valence electrons. The van der Waals surface area contributed by atoms with Crippen LogP contribution in [0.1, 0.15) is 206 Å². The van der Waals surface area contributed by atoms with Crippen molar-refractivity contribution in [3.8, 4) is 0 Å². The molecule has 10 atom stereocenters. The number of esters is 2. The molecule has 0 spiro atoms. The summed E-state index contributed by atoms with van der Waals surface area (Å²) in [6.07, 6.45) is 21.8. The molecule has 1 aliphatic carbocycles. The van der Waals surface area contributed by atoms with Crippen LogP contribution in [-0.2, 0) is 46.5 Å². The fourth-order valence-corrected chi connectivity index (χ4v) is 9.75. The van der Waals surface area contributed by atoms with Gasteiger partial charge in [0.25, 0.3) is 0 Å². The average molecular weight is 987 g/mol. The van der Waals surface area contributed by atoms with Crippen molar-refractivity contribution >= 4 is 27.6 Å². The van der Waals surface area contributed by atoms with Crippen LogP contribution in [-0.4, -0.2) is 115 Å². The highest BCUT2D eigenvalue weighted by Crippen LogP contribution is 2.49. The minimum Gasteiger partial charge on any atom is -0.462 e. The second-order valence-electron chi connectivity index (χ2n) is 18.3. The van der Waals surface area contributed by atoms with Gasteiger partial charge in [-0.05, 0) is 38.5 Å². The number of phosphoric acid groups is 2. The first-order valence-electron chi connectivity index (χ1n) is 25.4. The van der Waals surface area contributed by atoms with Gasteiger partial charge in [0.05, 0.1) is 18.8 Å². The largest absolute Gasteiger partial charge is 0.472 e. The van der Waals surface area contributed by atoms with Gasteiger partial charge in [0.15, 0.2) is 6.10 Å². The fourth-order valence-electron chi connectivity index (χ4n) is 8.21. The second-order valence-corrected chi connectivity index (χ2v) is 20.9. The number of phosphoric ester groups is 2. The van der Waals surface area contributed by atoms with E-state index < -0.39 is 83.5 Å². The van der Waals surface area contributed by atoms with Crippen molar-refractivity contribution in [3.05, 3.63) is 12.2 Å². The SMILES string of the molecule is CCCCC/C=C\CC1OC1CCCCCCCC(=O)O[C@H](COC(=O)CCCCCCCCCCCCCCCCCCC)COP(=O)(O)O[C@H]1C(O)C(O)C(O)[C@@H](OP(=O)(O)O)C1O. The Bertz CT molecular complexity index is 1400. The summed E-state index contributed by atoms with van der Waals surface area (Å²) in [6, 6.07) is 0. The van der Waals surface area contributed by atoms with Crippen molar-refractivity contribution in [2.45, 2.75) is 261 Å². The van der Waals surface area contributed by atoms with E-state index in [-0.39, 0.29) is 12.8 Å². The van der Waals surface area contributed by atoms with Gasteiger partial charge in [0.1, 0.15) is 43.2 Å². The van der Waals surface area contributed by atoms with Crippen molar-refractivity contribution in [2.75, 3.05) is 13.2 Å². The van der Waals surface area contributed by atoms with Crippen LogP contribution in [0.5, 0.6) is 0 Å². The summed E-state index contributed by atoms with van der Waals surface area (Å²) in [5, 5.41) is 41.3. The number of aliphatic hydroxyl groups is 4. The summed E-state index contributed by atoms with van der Waals surface area (Å²) >= 11 is 0. The predicted octanol–water partition coefficient (Wildman–Crippen LogP) is 8.95. The minimum atomic E-state index is -5.37. The van der Waals surface area contributed by atoms with Gasteiger partial charge in [0, 0.05) is 12.8 Å². The zero-order chi connectivity index (χ0) is 48.6. The lowest BCUT2D eigenvalue weighted by atomic mass is 9.85. The lowest BCUT2D eigenvalue weighted by molar-refractivity contribution is -0.216. The molecule has 0 radical (unpaired) electrons. The summed E-state index contributed by atoms with van der Waals surface area (Å²) < 4.78 is 55.3. The van der Waals surface area contributed by atoms with Crippen LogP contribution in [0.25, 0.3) is 0 Å². The Labute approximate surface area is 394 Å². The highest BCUT2D eigenvalue weighted by atomic mass is 31.2. The van der Waals surface area contributed by atoms with Gasteiger partial charge in [0.2, 0.25) is 0 Å². The van der Waals surface area contributed by atoms with Crippen molar-refractivity contribution in [1.82, 2.24) is 0 Å². The van der Waals surface area contributed by atoms with E-state index in [1.807, 2.05) is 0 Å². The number of hydrogen-bond acceptors (Lipinski definition) is 14. The number of rotatable bonds is 42. The van der Waals surface area contributed by atoms with E-state index in [0.717, 1.165) is 70.6 Å². The third-order valence-corrected chi connectivity index (χ3v) is 13.8. The van der Waals surface area contributed by atoms with Crippen LogP contribution in [0, 0.1) is 0 Å². The average Bonchev–Trinajstić information content (AvgIpc) is 4.03. The van der Waals surface area contributed by atoms with E-state index in [0.29, 0.717) is 25.0 Å². The number of ether oxygens (including phenoxy) is 3. The highest BCUT2D eigenvalue weighted by molar-refractivity contribution is 7.47. The predicted molar refractivity (Wildman–Crippen MR) is 250 cm³/mol. The van der Waals surface area contributed by atoms with E-state index in [4.69, 9.17) is 23.3 Å². The molecule has 0 aromatic carbocycles. The van der Waals surface area contributed by atoms with Crippen LogP contribution in [0.2, 0.25) is 0 Å². The molecule has 1 saturated heterocycles. The number of hydrogen-bond donors (Lipinski definition) is 7. The molecule has 17 nitrogen and oxygen atoms in total. The van der Waals surface area contributed by atoms with Crippen LogP contribution in [0.4, 0.5) is 0 Å². The van der Waals surface area contributed by atoms with Gasteiger partial charge >= 0.3 is 27.6 Å². The third-order valence-electron chi connectivity index (χ3n) is 12.3. The zero-order valence-electron chi connectivity index (χ0n) is 40.1. The van der Waals surface area contributed by atoms with Crippen LogP contribution < -0.4 is 0 Å². The Hall–Kier alpha value is -1.30. The first-order chi connectivity index (χ1) is 31.6. The Balaban J connectivity index is 1.76. The maximum absolute atomic E-state index is 13.0. The van der Waals surface area contributed by atoms with Crippen LogP contribution >= 0.6 is 15.6 Å². The maximum atomic E-state index is 13.0. The second kappa shape index (κ2) is 35.7. The number of carbonyl (C=O) groups is 2. The summed E-state index contributed by atoms with van der Waals surface area (Å²) in [5.41, 5.74) is 0. The molecule has 2 aliphatic rings. The minimum absolute atomic E-state index is 0.0248. The van der Waals surface area contributed by atoms with Crippen LogP contribution in [0.3, 0.4) is 0 Å². The van der Waals surface area contributed by atoms with Crippen molar-refractivity contribution in [3.63, 3.8) is 0 Å². The van der Waals surface area contributed by atoms with E-state index in [1.54, 1.807) is 0 Å². The molecular weight excluding hydrogens is 898 g/mol. The zero-order valence-corrected chi connectivity index (χ0v) is 41.9.